The smallest absolute Gasteiger partial charge is 0.123 e. The van der Waals surface area contributed by atoms with Crippen molar-refractivity contribution in [1.82, 2.24) is 0 Å². The first-order valence-corrected chi connectivity index (χ1v) is 7.92. The first-order chi connectivity index (χ1) is 9.16. The molecule has 0 aromatic heterocycles. The van der Waals surface area contributed by atoms with Gasteiger partial charge in [0.05, 0.1) is 0 Å². The first-order valence-electron chi connectivity index (χ1n) is 7.92. The van der Waals surface area contributed by atoms with Gasteiger partial charge in [0, 0.05) is 0 Å². The van der Waals surface area contributed by atoms with E-state index >= 15 is 0 Å². The minimum Gasteiger partial charge on any atom is -0.207 e. The molecule has 110 valence electrons. The van der Waals surface area contributed by atoms with Gasteiger partial charge in [-0.25, -0.2) is 4.39 Å². The summed E-state index contributed by atoms with van der Waals surface area (Å²) in [6.07, 6.45) is 3.89. The highest BCUT2D eigenvalue weighted by atomic mass is 19.1. The maximum atomic E-state index is 12.8. The summed E-state index contributed by atoms with van der Waals surface area (Å²) in [5, 5.41) is 0. The Bertz CT molecular complexity index is 313. The van der Waals surface area contributed by atoms with E-state index in [-0.39, 0.29) is 5.82 Å². The van der Waals surface area contributed by atoms with Crippen LogP contribution >= 0.6 is 0 Å². The lowest BCUT2D eigenvalue weighted by Gasteiger charge is -2.14. The number of rotatable bonds is 2. The molecule has 0 nitrogen and oxygen atoms in total. The van der Waals surface area contributed by atoms with Gasteiger partial charge in [-0.15, -0.1) is 0 Å². The van der Waals surface area contributed by atoms with Crippen LogP contribution in [0.5, 0.6) is 0 Å². The van der Waals surface area contributed by atoms with Gasteiger partial charge in [-0.05, 0) is 54.7 Å². The fraction of sp³-hybridized carbons (Fsp3) is 0.667. The maximum Gasteiger partial charge on any atom is 0.123 e. The molecule has 1 aromatic rings. The van der Waals surface area contributed by atoms with Gasteiger partial charge in [0.1, 0.15) is 5.82 Å². The van der Waals surface area contributed by atoms with E-state index in [2.05, 4.69) is 13.8 Å². The molecule has 0 N–H and O–H groups in total. The summed E-state index contributed by atoms with van der Waals surface area (Å²) in [6, 6.07) is 7.06. The van der Waals surface area contributed by atoms with Crippen LogP contribution in [0, 0.1) is 17.7 Å². The average Bonchev–Trinajstić information content (AvgIpc) is 2.94. The van der Waals surface area contributed by atoms with Crippen LogP contribution in [0.2, 0.25) is 0 Å². The Hall–Kier alpha value is -0.850. The molecule has 0 spiro atoms. The molecule has 0 saturated heterocycles. The highest BCUT2D eigenvalue weighted by Gasteiger charge is 2.27. The van der Waals surface area contributed by atoms with Crippen molar-refractivity contribution in [3.05, 3.63) is 35.6 Å². The van der Waals surface area contributed by atoms with Gasteiger partial charge in [-0.1, -0.05) is 53.7 Å². The third-order valence-electron chi connectivity index (χ3n) is 3.76. The van der Waals surface area contributed by atoms with Gasteiger partial charge in [0.25, 0.3) is 0 Å². The van der Waals surface area contributed by atoms with Gasteiger partial charge in [-0.2, -0.15) is 0 Å². The van der Waals surface area contributed by atoms with Crippen molar-refractivity contribution in [2.24, 2.45) is 11.8 Å². The molecular formula is C18H31F. The van der Waals surface area contributed by atoms with E-state index in [9.17, 15) is 4.39 Å². The van der Waals surface area contributed by atoms with Gasteiger partial charge in [0.2, 0.25) is 0 Å². The number of hydrogen-bond acceptors (Lipinski definition) is 0. The predicted molar refractivity (Wildman–Crippen MR) is 84.0 cm³/mol. The molecule has 0 heterocycles. The molecule has 1 aliphatic carbocycles. The topological polar surface area (TPSA) is 0 Å². The lowest BCUT2D eigenvalue weighted by Crippen LogP contribution is -2.03. The van der Waals surface area contributed by atoms with Crippen LogP contribution < -0.4 is 0 Å². The Morgan fingerprint density at radius 2 is 1.47 bits per heavy atom. The Balaban J connectivity index is 0.000000741. The van der Waals surface area contributed by atoms with E-state index < -0.39 is 0 Å². The second-order valence-corrected chi connectivity index (χ2v) is 5.07. The Morgan fingerprint density at radius 3 is 1.89 bits per heavy atom. The highest BCUT2D eigenvalue weighted by Crippen LogP contribution is 2.41. The molecular weight excluding hydrogens is 235 g/mol. The average molecular weight is 266 g/mol. The minimum absolute atomic E-state index is 0.128. The molecule has 19 heavy (non-hydrogen) atoms. The molecule has 2 unspecified atom stereocenters. The second kappa shape index (κ2) is 10.00. The summed E-state index contributed by atoms with van der Waals surface area (Å²) in [5.41, 5.74) is 1.32. The second-order valence-electron chi connectivity index (χ2n) is 5.07. The number of hydrogen-bond donors (Lipinski definition) is 0. The van der Waals surface area contributed by atoms with E-state index in [0.29, 0.717) is 5.92 Å². The van der Waals surface area contributed by atoms with Crippen LogP contribution in [0.3, 0.4) is 0 Å². The van der Waals surface area contributed by atoms with Crippen LogP contribution in [0.4, 0.5) is 4.39 Å². The summed E-state index contributed by atoms with van der Waals surface area (Å²) in [4.78, 5) is 0. The van der Waals surface area contributed by atoms with Crippen LogP contribution in [0.25, 0.3) is 0 Å². The molecule has 1 aliphatic rings. The van der Waals surface area contributed by atoms with Crippen molar-refractivity contribution < 1.29 is 4.39 Å². The van der Waals surface area contributed by atoms with Crippen LogP contribution in [0.15, 0.2) is 24.3 Å². The summed E-state index contributed by atoms with van der Waals surface area (Å²) >= 11 is 0. The SMILES string of the molecule is CC.CC.CC(C)C1CCC(c2ccc(F)cc2)C1. The third-order valence-corrected chi connectivity index (χ3v) is 3.76. The Morgan fingerprint density at radius 1 is 0.947 bits per heavy atom. The van der Waals surface area contributed by atoms with Crippen LogP contribution in [-0.4, -0.2) is 0 Å². The summed E-state index contributed by atoms with van der Waals surface area (Å²) in [6.45, 7) is 12.6. The summed E-state index contributed by atoms with van der Waals surface area (Å²) in [5.74, 6) is 2.19. The van der Waals surface area contributed by atoms with Gasteiger partial charge >= 0.3 is 0 Å². The lowest BCUT2D eigenvalue weighted by atomic mass is 9.91. The summed E-state index contributed by atoms with van der Waals surface area (Å²) < 4.78 is 12.8. The molecule has 1 fully saturated rings. The van der Waals surface area contributed by atoms with Gasteiger partial charge in [-0.3, -0.25) is 0 Å². The van der Waals surface area contributed by atoms with Crippen molar-refractivity contribution >= 4 is 0 Å². The van der Waals surface area contributed by atoms with Crippen molar-refractivity contribution in [3.8, 4) is 0 Å². The number of halogens is 1. The standard InChI is InChI=1S/C14H19F.2C2H6/c1-10(2)12-3-4-13(9-12)11-5-7-14(15)8-6-11;2*1-2/h5-8,10,12-13H,3-4,9H2,1-2H3;2*1-2H3. The normalized spacial score (nSPS) is 21.3. The molecule has 1 aromatic carbocycles. The van der Waals surface area contributed by atoms with E-state index in [0.717, 1.165) is 11.8 Å². The van der Waals surface area contributed by atoms with E-state index in [1.807, 2.05) is 39.8 Å². The van der Waals surface area contributed by atoms with Crippen molar-refractivity contribution in [2.45, 2.75) is 66.7 Å². The van der Waals surface area contributed by atoms with Crippen LogP contribution in [-0.2, 0) is 0 Å². The van der Waals surface area contributed by atoms with Crippen molar-refractivity contribution in [3.63, 3.8) is 0 Å². The quantitative estimate of drug-likeness (QED) is 0.579. The summed E-state index contributed by atoms with van der Waals surface area (Å²) in [7, 11) is 0. The molecule has 0 radical (unpaired) electrons. The fourth-order valence-corrected chi connectivity index (χ4v) is 2.66. The van der Waals surface area contributed by atoms with Crippen LogP contribution in [0.1, 0.15) is 72.3 Å². The molecule has 2 atom stereocenters. The maximum absolute atomic E-state index is 12.8. The van der Waals surface area contributed by atoms with Gasteiger partial charge in [0.15, 0.2) is 0 Å². The van der Waals surface area contributed by atoms with Crippen molar-refractivity contribution in [1.29, 1.82) is 0 Å². The van der Waals surface area contributed by atoms with E-state index in [1.54, 1.807) is 12.1 Å². The Kier molecular flexibility index (Phi) is 9.55. The van der Waals surface area contributed by atoms with Gasteiger partial charge < -0.3 is 0 Å². The van der Waals surface area contributed by atoms with Crippen molar-refractivity contribution in [2.75, 3.05) is 0 Å². The molecule has 0 aliphatic heterocycles. The monoisotopic (exact) mass is 266 g/mol. The molecule has 1 heteroatoms. The fourth-order valence-electron chi connectivity index (χ4n) is 2.66. The minimum atomic E-state index is -0.128. The van der Waals surface area contributed by atoms with E-state index in [1.165, 1.54) is 24.8 Å². The zero-order chi connectivity index (χ0) is 14.8. The number of benzene rings is 1. The highest BCUT2D eigenvalue weighted by molar-refractivity contribution is 5.21. The first kappa shape index (κ1) is 18.1. The van der Waals surface area contributed by atoms with E-state index in [4.69, 9.17) is 0 Å². The molecule has 0 amide bonds. The molecule has 0 bridgehead atoms. The largest absolute Gasteiger partial charge is 0.207 e. The zero-order valence-corrected chi connectivity index (χ0v) is 13.5. The zero-order valence-electron chi connectivity index (χ0n) is 13.5. The molecule has 2 rings (SSSR count). The third kappa shape index (κ3) is 5.76. The lowest BCUT2D eigenvalue weighted by molar-refractivity contribution is 0.391. The predicted octanol–water partition coefficient (Wildman–Crippen LogP) is 6.42. The molecule has 1 saturated carbocycles. The Labute approximate surface area is 119 Å².